The summed E-state index contributed by atoms with van der Waals surface area (Å²) in [5.41, 5.74) is 0.889. The first-order valence-electron chi connectivity index (χ1n) is 6.00. The fraction of sp³-hybridized carbons (Fsp3) is 0.200. The predicted octanol–water partition coefficient (Wildman–Crippen LogP) is 3.08. The van der Waals surface area contributed by atoms with E-state index >= 15 is 0 Å². The summed E-state index contributed by atoms with van der Waals surface area (Å²) in [6.45, 7) is 11.5. The van der Waals surface area contributed by atoms with Gasteiger partial charge in [-0.3, -0.25) is 0 Å². The maximum Gasteiger partial charge on any atom is 0.243 e. The summed E-state index contributed by atoms with van der Waals surface area (Å²) in [5.74, 6) is 0. The molecular weight excluding hydrogens is 258 g/mol. The van der Waals surface area contributed by atoms with E-state index in [0.29, 0.717) is 19.5 Å². The van der Waals surface area contributed by atoms with Crippen LogP contribution in [0.4, 0.5) is 0 Å². The SMILES string of the molecule is C=CCCN(CC=C)S(=O)(=O)c1ccc(C=C)cc1. The largest absolute Gasteiger partial charge is 0.243 e. The quantitative estimate of drug-likeness (QED) is 0.685. The molecule has 0 aliphatic carbocycles. The summed E-state index contributed by atoms with van der Waals surface area (Å²) in [6, 6.07) is 6.66. The lowest BCUT2D eigenvalue weighted by atomic mass is 10.2. The van der Waals surface area contributed by atoms with Gasteiger partial charge in [0.15, 0.2) is 0 Å². The molecule has 1 rings (SSSR count). The number of nitrogens with zero attached hydrogens (tertiary/aromatic N) is 1. The Kier molecular flexibility index (Phi) is 5.73. The van der Waals surface area contributed by atoms with Crippen LogP contribution in [-0.2, 0) is 10.0 Å². The summed E-state index contributed by atoms with van der Waals surface area (Å²) in [6.07, 6.45) is 5.57. The lowest BCUT2D eigenvalue weighted by molar-refractivity contribution is 0.448. The number of hydrogen-bond acceptors (Lipinski definition) is 2. The molecule has 0 saturated carbocycles. The monoisotopic (exact) mass is 277 g/mol. The van der Waals surface area contributed by atoms with Gasteiger partial charge in [-0.2, -0.15) is 4.31 Å². The van der Waals surface area contributed by atoms with Gasteiger partial charge in [0.25, 0.3) is 0 Å². The van der Waals surface area contributed by atoms with Crippen LogP contribution < -0.4 is 0 Å². The molecule has 0 radical (unpaired) electrons. The Hall–Kier alpha value is -1.65. The molecule has 0 bridgehead atoms. The summed E-state index contributed by atoms with van der Waals surface area (Å²) in [7, 11) is -3.48. The zero-order valence-electron chi connectivity index (χ0n) is 11.0. The summed E-state index contributed by atoms with van der Waals surface area (Å²) in [4.78, 5) is 0.281. The molecule has 0 fully saturated rings. The molecule has 0 aromatic heterocycles. The van der Waals surface area contributed by atoms with E-state index in [1.807, 2.05) is 0 Å². The van der Waals surface area contributed by atoms with Gasteiger partial charge in [-0.25, -0.2) is 8.42 Å². The Morgan fingerprint density at radius 2 is 1.68 bits per heavy atom. The van der Waals surface area contributed by atoms with E-state index in [2.05, 4.69) is 19.7 Å². The zero-order chi connectivity index (χ0) is 14.3. The van der Waals surface area contributed by atoms with Gasteiger partial charge < -0.3 is 0 Å². The molecule has 0 atom stereocenters. The molecule has 0 aliphatic rings. The molecule has 102 valence electrons. The van der Waals surface area contributed by atoms with Gasteiger partial charge in [-0.05, 0) is 24.1 Å². The minimum atomic E-state index is -3.48. The Morgan fingerprint density at radius 1 is 1.05 bits per heavy atom. The van der Waals surface area contributed by atoms with Crippen molar-refractivity contribution in [1.29, 1.82) is 0 Å². The average Bonchev–Trinajstić information content (AvgIpc) is 2.43. The van der Waals surface area contributed by atoms with Crippen molar-refractivity contribution in [2.75, 3.05) is 13.1 Å². The van der Waals surface area contributed by atoms with Gasteiger partial charge in [-0.15, -0.1) is 13.2 Å². The van der Waals surface area contributed by atoms with E-state index in [4.69, 9.17) is 0 Å². The van der Waals surface area contributed by atoms with Crippen LogP contribution in [0.2, 0.25) is 0 Å². The van der Waals surface area contributed by atoms with E-state index < -0.39 is 10.0 Å². The maximum absolute atomic E-state index is 12.4. The van der Waals surface area contributed by atoms with Crippen LogP contribution in [-0.4, -0.2) is 25.8 Å². The maximum atomic E-state index is 12.4. The Bertz CT molecular complexity index is 544. The van der Waals surface area contributed by atoms with Crippen molar-refractivity contribution in [3.8, 4) is 0 Å². The van der Waals surface area contributed by atoms with Gasteiger partial charge in [0.05, 0.1) is 4.90 Å². The highest BCUT2D eigenvalue weighted by Crippen LogP contribution is 2.17. The molecule has 1 aromatic rings. The molecule has 0 saturated heterocycles. The van der Waals surface area contributed by atoms with E-state index in [1.165, 1.54) is 4.31 Å². The van der Waals surface area contributed by atoms with Crippen LogP contribution >= 0.6 is 0 Å². The Labute approximate surface area is 115 Å². The second-order valence-corrected chi connectivity index (χ2v) is 5.94. The third kappa shape index (κ3) is 3.91. The lowest BCUT2D eigenvalue weighted by Crippen LogP contribution is -2.32. The summed E-state index contributed by atoms with van der Waals surface area (Å²) >= 11 is 0. The molecular formula is C15H19NO2S. The summed E-state index contributed by atoms with van der Waals surface area (Å²) in [5, 5.41) is 0. The molecule has 0 amide bonds. The first kappa shape index (κ1) is 15.4. The van der Waals surface area contributed by atoms with E-state index in [9.17, 15) is 8.42 Å². The molecule has 0 N–H and O–H groups in total. The van der Waals surface area contributed by atoms with Gasteiger partial charge in [0.1, 0.15) is 0 Å². The molecule has 1 aromatic carbocycles. The van der Waals surface area contributed by atoms with Gasteiger partial charge in [-0.1, -0.05) is 36.9 Å². The smallest absolute Gasteiger partial charge is 0.207 e. The highest BCUT2D eigenvalue weighted by molar-refractivity contribution is 7.89. The molecule has 0 aliphatic heterocycles. The van der Waals surface area contributed by atoms with Crippen molar-refractivity contribution in [1.82, 2.24) is 4.31 Å². The van der Waals surface area contributed by atoms with Crippen LogP contribution in [0, 0.1) is 0 Å². The molecule has 0 spiro atoms. The van der Waals surface area contributed by atoms with Crippen molar-refractivity contribution in [2.45, 2.75) is 11.3 Å². The average molecular weight is 277 g/mol. The third-order valence-electron chi connectivity index (χ3n) is 2.67. The van der Waals surface area contributed by atoms with Crippen LogP contribution in [0.15, 0.2) is 61.0 Å². The lowest BCUT2D eigenvalue weighted by Gasteiger charge is -2.20. The van der Waals surface area contributed by atoms with Crippen LogP contribution in [0.25, 0.3) is 6.08 Å². The number of benzene rings is 1. The normalized spacial score (nSPS) is 11.2. The number of rotatable bonds is 8. The van der Waals surface area contributed by atoms with E-state index in [-0.39, 0.29) is 4.90 Å². The van der Waals surface area contributed by atoms with Gasteiger partial charge in [0.2, 0.25) is 10.0 Å². The van der Waals surface area contributed by atoms with E-state index in [1.54, 1.807) is 42.5 Å². The topological polar surface area (TPSA) is 37.4 Å². The first-order valence-corrected chi connectivity index (χ1v) is 7.44. The van der Waals surface area contributed by atoms with Crippen molar-refractivity contribution >= 4 is 16.1 Å². The first-order chi connectivity index (χ1) is 9.06. The third-order valence-corrected chi connectivity index (χ3v) is 4.55. The summed E-state index contributed by atoms with van der Waals surface area (Å²) < 4.78 is 26.3. The molecule has 0 unspecified atom stereocenters. The second-order valence-electron chi connectivity index (χ2n) is 4.00. The van der Waals surface area contributed by atoms with Crippen molar-refractivity contribution in [3.05, 3.63) is 61.7 Å². The van der Waals surface area contributed by atoms with Gasteiger partial charge in [0, 0.05) is 13.1 Å². The highest BCUT2D eigenvalue weighted by atomic mass is 32.2. The number of hydrogen-bond donors (Lipinski definition) is 0. The Morgan fingerprint density at radius 3 is 2.16 bits per heavy atom. The van der Waals surface area contributed by atoms with Crippen LogP contribution in [0.3, 0.4) is 0 Å². The van der Waals surface area contributed by atoms with Crippen LogP contribution in [0.5, 0.6) is 0 Å². The fourth-order valence-corrected chi connectivity index (χ4v) is 3.04. The molecule has 19 heavy (non-hydrogen) atoms. The van der Waals surface area contributed by atoms with Crippen LogP contribution in [0.1, 0.15) is 12.0 Å². The molecule has 0 heterocycles. The van der Waals surface area contributed by atoms with Crippen molar-refractivity contribution < 1.29 is 8.42 Å². The fourth-order valence-electron chi connectivity index (χ4n) is 1.61. The molecule has 4 heteroatoms. The highest BCUT2D eigenvalue weighted by Gasteiger charge is 2.22. The number of sulfonamides is 1. The van der Waals surface area contributed by atoms with Gasteiger partial charge >= 0.3 is 0 Å². The minimum absolute atomic E-state index is 0.281. The standard InChI is InChI=1S/C15H19NO2S/c1-4-7-13-16(12-5-2)19(17,18)15-10-8-14(6-3)9-11-15/h4-6,8-11H,1-3,7,12-13H2. The molecule has 3 nitrogen and oxygen atoms in total. The minimum Gasteiger partial charge on any atom is -0.207 e. The predicted molar refractivity (Wildman–Crippen MR) is 80.3 cm³/mol. The van der Waals surface area contributed by atoms with Crippen molar-refractivity contribution in [3.63, 3.8) is 0 Å². The van der Waals surface area contributed by atoms with E-state index in [0.717, 1.165) is 5.56 Å². The van der Waals surface area contributed by atoms with Crippen molar-refractivity contribution in [2.24, 2.45) is 0 Å². The zero-order valence-corrected chi connectivity index (χ0v) is 11.8. The Balaban J connectivity index is 3.06. The second kappa shape index (κ2) is 7.07.